The second kappa shape index (κ2) is 5.10. The third-order valence-corrected chi connectivity index (χ3v) is 1.91. The van der Waals surface area contributed by atoms with Gasteiger partial charge in [0.1, 0.15) is 5.75 Å². The highest BCUT2D eigenvalue weighted by Gasteiger charge is 1.96. The third kappa shape index (κ3) is 4.15. The van der Waals surface area contributed by atoms with Crippen LogP contribution in [0.25, 0.3) is 0 Å². The van der Waals surface area contributed by atoms with Crippen molar-refractivity contribution in [3.63, 3.8) is 0 Å². The molecule has 72 valence electrons. The zero-order chi connectivity index (χ0) is 9.68. The summed E-state index contributed by atoms with van der Waals surface area (Å²) in [5.41, 5.74) is 5.58. The Hall–Kier alpha value is -0.730. The Kier molecular flexibility index (Phi) is 4.06. The number of ether oxygens (including phenoxy) is 1. The third-order valence-electron chi connectivity index (χ3n) is 1.66. The molecule has 3 heteroatoms. The topological polar surface area (TPSA) is 35.2 Å². The van der Waals surface area contributed by atoms with Crippen LogP contribution in [0.15, 0.2) is 24.3 Å². The Morgan fingerprint density at radius 2 is 2.00 bits per heavy atom. The molecule has 0 aromatic heterocycles. The molecule has 13 heavy (non-hydrogen) atoms. The molecule has 0 saturated heterocycles. The van der Waals surface area contributed by atoms with Gasteiger partial charge in [-0.3, -0.25) is 0 Å². The fraction of sp³-hybridized carbons (Fsp3) is 0.400. The maximum Gasteiger partial charge on any atom is 0.119 e. The first kappa shape index (κ1) is 10.4. The van der Waals surface area contributed by atoms with Crippen LogP contribution >= 0.6 is 11.6 Å². The molecule has 0 saturated carbocycles. The van der Waals surface area contributed by atoms with Crippen LogP contribution in [0.3, 0.4) is 0 Å². The van der Waals surface area contributed by atoms with Crippen molar-refractivity contribution in [2.24, 2.45) is 5.73 Å². The zero-order valence-corrected chi connectivity index (χ0v) is 8.42. The van der Waals surface area contributed by atoms with E-state index in [4.69, 9.17) is 22.1 Å². The van der Waals surface area contributed by atoms with Gasteiger partial charge in [0.05, 0.1) is 6.61 Å². The Labute approximate surface area is 83.6 Å². The van der Waals surface area contributed by atoms with Gasteiger partial charge in [0.2, 0.25) is 0 Å². The van der Waals surface area contributed by atoms with Crippen molar-refractivity contribution >= 4 is 11.6 Å². The first-order valence-electron chi connectivity index (χ1n) is 4.32. The molecule has 0 heterocycles. The molecular weight excluding hydrogens is 186 g/mol. The standard InChI is InChI=1S/C10H14ClNO/c1-8(12)6-7-13-10-4-2-9(11)3-5-10/h2-5,8H,6-7,12H2,1H3/t8-/m0/s1. The molecule has 0 fully saturated rings. The molecule has 1 aromatic rings. The Morgan fingerprint density at radius 1 is 1.38 bits per heavy atom. The number of halogens is 1. The normalized spacial score (nSPS) is 12.5. The van der Waals surface area contributed by atoms with Gasteiger partial charge in [0, 0.05) is 11.1 Å². The summed E-state index contributed by atoms with van der Waals surface area (Å²) in [5.74, 6) is 0.838. The SMILES string of the molecule is C[C@H](N)CCOc1ccc(Cl)cc1. The fourth-order valence-electron chi connectivity index (χ4n) is 0.893. The summed E-state index contributed by atoms with van der Waals surface area (Å²) in [6.07, 6.45) is 0.864. The van der Waals surface area contributed by atoms with Gasteiger partial charge >= 0.3 is 0 Å². The molecule has 1 rings (SSSR count). The van der Waals surface area contributed by atoms with Gasteiger partial charge in [-0.25, -0.2) is 0 Å². The molecule has 0 radical (unpaired) electrons. The van der Waals surface area contributed by atoms with E-state index in [-0.39, 0.29) is 6.04 Å². The summed E-state index contributed by atoms with van der Waals surface area (Å²) in [6, 6.07) is 7.51. The molecule has 1 aromatic carbocycles. The lowest BCUT2D eigenvalue weighted by atomic mass is 10.3. The highest BCUT2D eigenvalue weighted by atomic mass is 35.5. The minimum absolute atomic E-state index is 0.187. The van der Waals surface area contributed by atoms with Crippen LogP contribution in [0.4, 0.5) is 0 Å². The molecule has 0 bridgehead atoms. The van der Waals surface area contributed by atoms with Crippen molar-refractivity contribution in [1.29, 1.82) is 0 Å². The molecule has 0 aliphatic rings. The Bertz CT molecular complexity index is 246. The summed E-state index contributed by atoms with van der Waals surface area (Å²) >= 11 is 5.72. The molecule has 0 spiro atoms. The van der Waals surface area contributed by atoms with Crippen molar-refractivity contribution < 1.29 is 4.74 Å². The van der Waals surface area contributed by atoms with E-state index in [1.165, 1.54) is 0 Å². The number of hydrogen-bond acceptors (Lipinski definition) is 2. The lowest BCUT2D eigenvalue weighted by molar-refractivity contribution is 0.301. The number of benzene rings is 1. The second-order valence-electron chi connectivity index (χ2n) is 3.07. The van der Waals surface area contributed by atoms with E-state index in [1.54, 1.807) is 0 Å². The minimum atomic E-state index is 0.187. The highest BCUT2D eigenvalue weighted by Crippen LogP contribution is 2.15. The molecule has 0 aliphatic heterocycles. The van der Waals surface area contributed by atoms with Crippen molar-refractivity contribution in [3.8, 4) is 5.75 Å². The lowest BCUT2D eigenvalue weighted by Gasteiger charge is -2.07. The van der Waals surface area contributed by atoms with E-state index in [9.17, 15) is 0 Å². The minimum Gasteiger partial charge on any atom is -0.494 e. The van der Waals surface area contributed by atoms with Gasteiger partial charge in [0.15, 0.2) is 0 Å². The first-order chi connectivity index (χ1) is 6.18. The zero-order valence-electron chi connectivity index (χ0n) is 7.66. The number of rotatable bonds is 4. The van der Waals surface area contributed by atoms with Crippen LogP contribution in [0.1, 0.15) is 13.3 Å². The van der Waals surface area contributed by atoms with Crippen LogP contribution in [-0.4, -0.2) is 12.6 Å². The smallest absolute Gasteiger partial charge is 0.119 e. The average molecular weight is 200 g/mol. The quantitative estimate of drug-likeness (QED) is 0.809. The van der Waals surface area contributed by atoms with E-state index in [1.807, 2.05) is 31.2 Å². The van der Waals surface area contributed by atoms with Gasteiger partial charge in [-0.1, -0.05) is 11.6 Å². The summed E-state index contributed by atoms with van der Waals surface area (Å²) in [7, 11) is 0. The van der Waals surface area contributed by atoms with Crippen molar-refractivity contribution in [2.45, 2.75) is 19.4 Å². The van der Waals surface area contributed by atoms with Crippen molar-refractivity contribution in [3.05, 3.63) is 29.3 Å². The molecular formula is C10H14ClNO. The van der Waals surface area contributed by atoms with Crippen LogP contribution in [0.2, 0.25) is 5.02 Å². The molecule has 0 amide bonds. The molecule has 2 N–H and O–H groups in total. The second-order valence-corrected chi connectivity index (χ2v) is 3.50. The molecule has 0 unspecified atom stereocenters. The van der Waals surface area contributed by atoms with Crippen LogP contribution in [0, 0.1) is 0 Å². The monoisotopic (exact) mass is 199 g/mol. The van der Waals surface area contributed by atoms with E-state index in [0.29, 0.717) is 6.61 Å². The predicted octanol–water partition coefficient (Wildman–Crippen LogP) is 2.46. The van der Waals surface area contributed by atoms with Gasteiger partial charge in [-0.05, 0) is 37.6 Å². The van der Waals surface area contributed by atoms with E-state index in [2.05, 4.69) is 0 Å². The largest absolute Gasteiger partial charge is 0.494 e. The molecule has 2 nitrogen and oxygen atoms in total. The van der Waals surface area contributed by atoms with E-state index < -0.39 is 0 Å². The van der Waals surface area contributed by atoms with Crippen molar-refractivity contribution in [1.82, 2.24) is 0 Å². The van der Waals surface area contributed by atoms with E-state index >= 15 is 0 Å². The van der Waals surface area contributed by atoms with Crippen LogP contribution < -0.4 is 10.5 Å². The molecule has 0 aliphatic carbocycles. The van der Waals surface area contributed by atoms with Gasteiger partial charge < -0.3 is 10.5 Å². The summed E-state index contributed by atoms with van der Waals surface area (Å²) in [4.78, 5) is 0. The van der Waals surface area contributed by atoms with Crippen LogP contribution in [-0.2, 0) is 0 Å². The number of nitrogens with two attached hydrogens (primary N) is 1. The summed E-state index contributed by atoms with van der Waals surface area (Å²) < 4.78 is 5.43. The molecule has 1 atom stereocenters. The first-order valence-corrected chi connectivity index (χ1v) is 4.70. The fourth-order valence-corrected chi connectivity index (χ4v) is 1.02. The Morgan fingerprint density at radius 3 is 2.54 bits per heavy atom. The number of hydrogen-bond donors (Lipinski definition) is 1. The van der Waals surface area contributed by atoms with Gasteiger partial charge in [-0.2, -0.15) is 0 Å². The van der Waals surface area contributed by atoms with Crippen molar-refractivity contribution in [2.75, 3.05) is 6.61 Å². The van der Waals surface area contributed by atoms with Crippen LogP contribution in [0.5, 0.6) is 5.75 Å². The summed E-state index contributed by atoms with van der Waals surface area (Å²) in [5, 5.41) is 0.722. The maximum atomic E-state index is 5.72. The van der Waals surface area contributed by atoms with E-state index in [0.717, 1.165) is 17.2 Å². The lowest BCUT2D eigenvalue weighted by Crippen LogP contribution is -2.18. The maximum absolute atomic E-state index is 5.72. The highest BCUT2D eigenvalue weighted by molar-refractivity contribution is 6.30. The van der Waals surface area contributed by atoms with Gasteiger partial charge in [0.25, 0.3) is 0 Å². The predicted molar refractivity (Wildman–Crippen MR) is 55.2 cm³/mol. The summed E-state index contributed by atoms with van der Waals surface area (Å²) in [6.45, 7) is 2.62. The van der Waals surface area contributed by atoms with Gasteiger partial charge in [-0.15, -0.1) is 0 Å². The Balaban J connectivity index is 2.33. The average Bonchev–Trinajstić information content (AvgIpc) is 2.08.